The highest BCUT2D eigenvalue weighted by Crippen LogP contribution is 2.42. The van der Waals surface area contributed by atoms with E-state index in [1.807, 2.05) is 26.0 Å². The molecule has 6 heteroatoms. The van der Waals surface area contributed by atoms with Crippen molar-refractivity contribution in [3.8, 4) is 11.1 Å². The number of pyridine rings is 1. The minimum Gasteiger partial charge on any atom is -0.481 e. The van der Waals surface area contributed by atoms with Crippen LogP contribution in [0.5, 0.6) is 0 Å². The molecule has 0 bridgehead atoms. The number of aromatic nitrogens is 1. The molecule has 0 radical (unpaired) electrons. The molecule has 200 valence electrons. The van der Waals surface area contributed by atoms with Crippen molar-refractivity contribution in [3.63, 3.8) is 0 Å². The maximum absolute atomic E-state index is 13.3. The summed E-state index contributed by atoms with van der Waals surface area (Å²) < 4.78 is 13.3. The van der Waals surface area contributed by atoms with Crippen molar-refractivity contribution in [2.24, 2.45) is 5.41 Å². The summed E-state index contributed by atoms with van der Waals surface area (Å²) in [6.07, 6.45) is 3.07. The minimum atomic E-state index is -0.824. The van der Waals surface area contributed by atoms with Crippen LogP contribution in [0.4, 0.5) is 10.1 Å². The summed E-state index contributed by atoms with van der Waals surface area (Å²) in [6, 6.07) is 13.5. The van der Waals surface area contributed by atoms with Crippen molar-refractivity contribution in [2.45, 2.75) is 66.5 Å². The standard InChI is InChI=1S/C32H38FN3O2/c1-21-28(18-29(37)38)31(36-15-12-32(3,4)13-16-36)30(22(2)34-21)25-7-8-26-20-35(14-11-24(26)17-25)19-23-5-9-27(33)10-6-23/h5-10,17H,11-16,18-20H2,1-4H3,(H,37,38). The third-order valence-corrected chi connectivity index (χ3v) is 8.32. The van der Waals surface area contributed by atoms with Crippen LogP contribution in [0.2, 0.25) is 0 Å². The average Bonchev–Trinajstić information content (AvgIpc) is 2.86. The topological polar surface area (TPSA) is 56.7 Å². The molecule has 1 fully saturated rings. The molecule has 0 saturated carbocycles. The van der Waals surface area contributed by atoms with Gasteiger partial charge < -0.3 is 10.0 Å². The summed E-state index contributed by atoms with van der Waals surface area (Å²) >= 11 is 0. The van der Waals surface area contributed by atoms with Crippen LogP contribution in [0.1, 0.15) is 60.3 Å². The number of hydrogen-bond acceptors (Lipinski definition) is 4. The second-order valence-electron chi connectivity index (χ2n) is 11.8. The van der Waals surface area contributed by atoms with E-state index in [1.54, 1.807) is 0 Å². The monoisotopic (exact) mass is 515 g/mol. The molecular weight excluding hydrogens is 477 g/mol. The van der Waals surface area contributed by atoms with Gasteiger partial charge in [0.25, 0.3) is 0 Å². The van der Waals surface area contributed by atoms with Crippen LogP contribution in [0.15, 0.2) is 42.5 Å². The molecule has 2 aliphatic heterocycles. The first-order valence-electron chi connectivity index (χ1n) is 13.7. The van der Waals surface area contributed by atoms with Gasteiger partial charge in [-0.15, -0.1) is 0 Å². The Labute approximate surface area is 225 Å². The van der Waals surface area contributed by atoms with E-state index < -0.39 is 5.97 Å². The van der Waals surface area contributed by atoms with Gasteiger partial charge in [0, 0.05) is 55.2 Å². The predicted octanol–water partition coefficient (Wildman–Crippen LogP) is 6.32. The number of hydrogen-bond donors (Lipinski definition) is 1. The summed E-state index contributed by atoms with van der Waals surface area (Å²) in [7, 11) is 0. The summed E-state index contributed by atoms with van der Waals surface area (Å²) in [6.45, 7) is 13.1. The van der Waals surface area contributed by atoms with Gasteiger partial charge in [0.1, 0.15) is 5.82 Å². The Balaban J connectivity index is 1.49. The molecule has 2 aliphatic rings. The molecule has 5 nitrogen and oxygen atoms in total. The van der Waals surface area contributed by atoms with Gasteiger partial charge in [-0.25, -0.2) is 4.39 Å². The smallest absolute Gasteiger partial charge is 0.307 e. The molecule has 2 aromatic carbocycles. The molecule has 3 heterocycles. The first-order valence-corrected chi connectivity index (χ1v) is 13.7. The third kappa shape index (κ3) is 5.60. The molecule has 1 saturated heterocycles. The maximum Gasteiger partial charge on any atom is 0.307 e. The number of benzene rings is 2. The fraction of sp³-hybridized carbons (Fsp3) is 0.438. The Bertz CT molecular complexity index is 1340. The maximum atomic E-state index is 13.3. The Morgan fingerprint density at radius 2 is 1.71 bits per heavy atom. The number of carbonyl (C=O) groups is 1. The van der Waals surface area contributed by atoms with Gasteiger partial charge in [0.2, 0.25) is 0 Å². The first kappa shape index (κ1) is 26.4. The number of nitrogens with zero attached hydrogens (tertiary/aromatic N) is 3. The van der Waals surface area contributed by atoms with Crippen LogP contribution < -0.4 is 4.90 Å². The van der Waals surface area contributed by atoms with Gasteiger partial charge in [-0.2, -0.15) is 0 Å². The third-order valence-electron chi connectivity index (χ3n) is 8.32. The van der Waals surface area contributed by atoms with Gasteiger partial charge in [-0.1, -0.05) is 44.2 Å². The predicted molar refractivity (Wildman–Crippen MR) is 150 cm³/mol. The van der Waals surface area contributed by atoms with Crippen LogP contribution >= 0.6 is 0 Å². The van der Waals surface area contributed by atoms with E-state index in [1.165, 1.54) is 23.3 Å². The van der Waals surface area contributed by atoms with Crippen LogP contribution in [0, 0.1) is 25.1 Å². The highest BCUT2D eigenvalue weighted by Gasteiger charge is 2.30. The van der Waals surface area contributed by atoms with Gasteiger partial charge >= 0.3 is 5.97 Å². The Morgan fingerprint density at radius 3 is 2.39 bits per heavy atom. The lowest BCUT2D eigenvalue weighted by Gasteiger charge is -2.40. The van der Waals surface area contributed by atoms with E-state index in [0.717, 1.165) is 91.3 Å². The van der Waals surface area contributed by atoms with Crippen LogP contribution in [-0.2, 0) is 30.7 Å². The number of anilines is 1. The van der Waals surface area contributed by atoms with E-state index in [0.29, 0.717) is 5.41 Å². The van der Waals surface area contributed by atoms with Crippen molar-refractivity contribution < 1.29 is 14.3 Å². The van der Waals surface area contributed by atoms with E-state index in [2.05, 4.69) is 41.8 Å². The quantitative estimate of drug-likeness (QED) is 0.417. The molecule has 3 aromatic rings. The van der Waals surface area contributed by atoms with E-state index in [9.17, 15) is 14.3 Å². The van der Waals surface area contributed by atoms with Crippen LogP contribution in [-0.4, -0.2) is 40.6 Å². The van der Waals surface area contributed by atoms with E-state index in [4.69, 9.17) is 4.98 Å². The number of aryl methyl sites for hydroxylation is 2. The number of carboxylic acid groups (broad SMARTS) is 1. The van der Waals surface area contributed by atoms with Gasteiger partial charge in [-0.05, 0) is 72.9 Å². The SMILES string of the molecule is Cc1nc(C)c(-c2ccc3c(c2)CCN(Cc2ccc(F)cc2)C3)c(N2CCC(C)(C)CC2)c1CC(=O)O. The minimum absolute atomic E-state index is 0.0232. The second-order valence-corrected chi connectivity index (χ2v) is 11.8. The fourth-order valence-electron chi connectivity index (χ4n) is 6.01. The number of carboxylic acids is 1. The molecule has 0 aliphatic carbocycles. The second kappa shape index (κ2) is 10.5. The summed E-state index contributed by atoms with van der Waals surface area (Å²) in [5, 5.41) is 9.76. The van der Waals surface area contributed by atoms with Crippen molar-refractivity contribution in [1.29, 1.82) is 0 Å². The Morgan fingerprint density at radius 1 is 1.00 bits per heavy atom. The summed E-state index contributed by atoms with van der Waals surface area (Å²) in [5.41, 5.74) is 9.90. The molecule has 0 atom stereocenters. The molecule has 38 heavy (non-hydrogen) atoms. The van der Waals surface area contributed by atoms with Crippen LogP contribution in [0.3, 0.4) is 0 Å². The molecule has 0 unspecified atom stereocenters. The lowest BCUT2D eigenvalue weighted by Crippen LogP contribution is -2.38. The highest BCUT2D eigenvalue weighted by molar-refractivity contribution is 5.86. The van der Waals surface area contributed by atoms with Crippen LogP contribution in [0.25, 0.3) is 11.1 Å². The zero-order valence-electron chi connectivity index (χ0n) is 23.0. The molecule has 0 spiro atoms. The molecule has 1 aromatic heterocycles. The van der Waals surface area contributed by atoms with E-state index in [-0.39, 0.29) is 12.2 Å². The number of rotatable bonds is 6. The Kier molecular flexibility index (Phi) is 7.28. The first-order chi connectivity index (χ1) is 18.1. The van der Waals surface area contributed by atoms with Crippen molar-refractivity contribution in [3.05, 3.63) is 81.9 Å². The van der Waals surface area contributed by atoms with Gasteiger partial charge in [0.05, 0.1) is 12.1 Å². The lowest BCUT2D eigenvalue weighted by molar-refractivity contribution is -0.136. The number of piperidine rings is 1. The van der Waals surface area contributed by atoms with Crippen molar-refractivity contribution in [2.75, 3.05) is 24.5 Å². The molecule has 0 amide bonds. The number of halogens is 1. The number of aliphatic carboxylic acids is 1. The Hall–Kier alpha value is -3.25. The molecular formula is C32H38FN3O2. The zero-order valence-corrected chi connectivity index (χ0v) is 23.0. The lowest BCUT2D eigenvalue weighted by atomic mass is 9.82. The van der Waals surface area contributed by atoms with Gasteiger partial charge in [0.15, 0.2) is 0 Å². The number of fused-ring (bicyclic) bond motifs is 1. The highest BCUT2D eigenvalue weighted by atomic mass is 19.1. The molecule has 1 N–H and O–H groups in total. The summed E-state index contributed by atoms with van der Waals surface area (Å²) in [4.78, 5) is 21.5. The average molecular weight is 516 g/mol. The van der Waals surface area contributed by atoms with Crippen molar-refractivity contribution >= 4 is 11.7 Å². The van der Waals surface area contributed by atoms with Gasteiger partial charge in [-0.3, -0.25) is 14.7 Å². The largest absolute Gasteiger partial charge is 0.481 e. The van der Waals surface area contributed by atoms with E-state index >= 15 is 0 Å². The molecule has 5 rings (SSSR count). The zero-order chi connectivity index (χ0) is 27.0. The summed E-state index contributed by atoms with van der Waals surface area (Å²) in [5.74, 6) is -1.03. The fourth-order valence-corrected chi connectivity index (χ4v) is 6.01. The van der Waals surface area contributed by atoms with Crippen molar-refractivity contribution in [1.82, 2.24) is 9.88 Å². The normalized spacial score (nSPS) is 17.3.